The van der Waals surface area contributed by atoms with Crippen molar-refractivity contribution in [2.75, 3.05) is 0 Å². The summed E-state index contributed by atoms with van der Waals surface area (Å²) < 4.78 is 1.75. The first-order valence-electron chi connectivity index (χ1n) is 5.16. The van der Waals surface area contributed by atoms with Crippen molar-refractivity contribution in [2.24, 2.45) is 0 Å². The van der Waals surface area contributed by atoms with Crippen LogP contribution < -0.4 is 0 Å². The number of rotatable bonds is 4. The van der Waals surface area contributed by atoms with Gasteiger partial charge in [0.2, 0.25) is 0 Å². The number of Topliss-reactive ketones (excluding diaryl/α,β-unsaturated/α-hetero) is 1. The molecule has 0 aliphatic heterocycles. The molecule has 0 atom stereocenters. The lowest BCUT2D eigenvalue weighted by Crippen LogP contribution is -2.09. The van der Waals surface area contributed by atoms with E-state index in [1.165, 1.54) is 0 Å². The third-order valence-corrected chi connectivity index (χ3v) is 2.14. The second-order valence-electron chi connectivity index (χ2n) is 3.34. The molecule has 1 heterocycles. The lowest BCUT2D eigenvalue weighted by molar-refractivity contribution is 0.0974. The Labute approximate surface area is 90.5 Å². The highest BCUT2D eigenvalue weighted by atomic mass is 16.1. The minimum Gasteiger partial charge on any atom is -0.292 e. The Bertz CT molecular complexity index is 407. The van der Waals surface area contributed by atoms with Crippen molar-refractivity contribution in [3.63, 3.8) is 0 Å². The summed E-state index contributed by atoms with van der Waals surface area (Å²) in [6.07, 6.45) is 1.11. The number of hydrogen-bond acceptors (Lipinski definition) is 2. The molecule has 0 fully saturated rings. The average Bonchev–Trinajstić information content (AvgIpc) is 2.60. The molecule has 3 nitrogen and oxygen atoms in total. The number of ketones is 1. The smallest absolute Gasteiger partial charge is 0.181 e. The van der Waals surface area contributed by atoms with Gasteiger partial charge in [-0.05, 0) is 26.8 Å². The molecular weight excluding hydrogens is 188 g/mol. The van der Waals surface area contributed by atoms with Gasteiger partial charge in [0, 0.05) is 19.4 Å². The van der Waals surface area contributed by atoms with Crippen LogP contribution in [0.15, 0.2) is 6.07 Å². The minimum absolute atomic E-state index is 0.125. The van der Waals surface area contributed by atoms with Gasteiger partial charge in [0.1, 0.15) is 5.69 Å². The van der Waals surface area contributed by atoms with Crippen LogP contribution in [0, 0.1) is 18.8 Å². The minimum atomic E-state index is 0.125. The predicted molar refractivity (Wildman–Crippen MR) is 59.7 cm³/mol. The Hall–Kier alpha value is -1.56. The first-order chi connectivity index (χ1) is 7.19. The van der Waals surface area contributed by atoms with Crippen LogP contribution in [-0.4, -0.2) is 15.6 Å². The number of hydrogen-bond donors (Lipinski definition) is 0. The summed E-state index contributed by atoms with van der Waals surface area (Å²) in [5, 5.41) is 4.24. The maximum atomic E-state index is 11.8. The summed E-state index contributed by atoms with van der Waals surface area (Å²) in [6.45, 7) is 6.39. The van der Waals surface area contributed by atoms with E-state index in [2.05, 4.69) is 16.9 Å². The predicted octanol–water partition coefficient (Wildman–Crippen LogP) is 2.20. The molecular formula is C12H16N2O. The van der Waals surface area contributed by atoms with Crippen molar-refractivity contribution < 1.29 is 4.79 Å². The van der Waals surface area contributed by atoms with Crippen LogP contribution in [0.2, 0.25) is 0 Å². The zero-order chi connectivity index (χ0) is 11.3. The normalized spacial score (nSPS) is 9.53. The second kappa shape index (κ2) is 5.35. The van der Waals surface area contributed by atoms with Gasteiger partial charge in [-0.15, -0.1) is 11.8 Å². The Balaban J connectivity index is 2.75. The van der Waals surface area contributed by atoms with Gasteiger partial charge >= 0.3 is 0 Å². The Kier molecular flexibility index (Phi) is 4.11. The van der Waals surface area contributed by atoms with E-state index in [0.717, 1.165) is 12.2 Å². The third kappa shape index (κ3) is 2.95. The number of carbonyl (C=O) groups is 1. The molecule has 0 aromatic carbocycles. The molecule has 1 aromatic rings. The topological polar surface area (TPSA) is 34.9 Å². The van der Waals surface area contributed by atoms with E-state index in [4.69, 9.17) is 0 Å². The first kappa shape index (κ1) is 11.5. The van der Waals surface area contributed by atoms with Crippen LogP contribution in [-0.2, 0) is 6.54 Å². The van der Waals surface area contributed by atoms with Crippen LogP contribution in [0.3, 0.4) is 0 Å². The van der Waals surface area contributed by atoms with Crippen molar-refractivity contribution in [1.82, 2.24) is 9.78 Å². The maximum Gasteiger partial charge on any atom is 0.181 e. The molecule has 0 bridgehead atoms. The molecule has 0 aliphatic rings. The zero-order valence-corrected chi connectivity index (χ0v) is 9.50. The summed E-state index contributed by atoms with van der Waals surface area (Å²) in [5.74, 6) is 5.80. The zero-order valence-electron chi connectivity index (χ0n) is 9.50. The second-order valence-corrected chi connectivity index (χ2v) is 3.34. The van der Waals surface area contributed by atoms with Crippen LogP contribution in [0.5, 0.6) is 0 Å². The first-order valence-corrected chi connectivity index (χ1v) is 5.16. The highest BCUT2D eigenvalue weighted by molar-refractivity contribution is 5.94. The van der Waals surface area contributed by atoms with Crippen LogP contribution in [0.25, 0.3) is 0 Å². The van der Waals surface area contributed by atoms with Crippen molar-refractivity contribution in [2.45, 2.75) is 40.2 Å². The lowest BCUT2D eigenvalue weighted by atomic mass is 10.1. The Morgan fingerprint density at radius 3 is 2.93 bits per heavy atom. The summed E-state index contributed by atoms with van der Waals surface area (Å²) in [4.78, 5) is 11.8. The van der Waals surface area contributed by atoms with Gasteiger partial charge in [-0.2, -0.15) is 5.10 Å². The molecule has 80 valence electrons. The van der Waals surface area contributed by atoms with E-state index in [1.54, 1.807) is 11.6 Å². The lowest BCUT2D eigenvalue weighted by Gasteiger charge is -2.01. The van der Waals surface area contributed by atoms with Gasteiger partial charge in [0.05, 0.1) is 5.69 Å². The molecule has 0 N–H and O–H groups in total. The molecule has 0 amide bonds. The number of aromatic nitrogens is 2. The van der Waals surface area contributed by atoms with Crippen molar-refractivity contribution >= 4 is 5.78 Å². The van der Waals surface area contributed by atoms with E-state index in [0.29, 0.717) is 18.5 Å². The average molecular weight is 204 g/mol. The monoisotopic (exact) mass is 204 g/mol. The summed E-state index contributed by atoms with van der Waals surface area (Å²) in [5.41, 5.74) is 1.59. The fourth-order valence-electron chi connectivity index (χ4n) is 1.44. The highest BCUT2D eigenvalue weighted by Gasteiger charge is 2.11. The van der Waals surface area contributed by atoms with E-state index < -0.39 is 0 Å². The standard InChI is InChI=1S/C12H16N2O/c1-4-6-7-8-12(15)11-9-10(3)13-14(11)5-2/h9H,5,7-8H2,1-3H3. The van der Waals surface area contributed by atoms with Crippen LogP contribution in [0.4, 0.5) is 0 Å². The fraction of sp³-hybridized carbons (Fsp3) is 0.500. The Morgan fingerprint density at radius 1 is 1.60 bits per heavy atom. The molecule has 3 heteroatoms. The molecule has 1 aromatic heterocycles. The van der Waals surface area contributed by atoms with Gasteiger partial charge < -0.3 is 0 Å². The molecule has 15 heavy (non-hydrogen) atoms. The molecule has 0 saturated carbocycles. The van der Waals surface area contributed by atoms with Gasteiger partial charge in [0.15, 0.2) is 5.78 Å². The van der Waals surface area contributed by atoms with Crippen LogP contribution in [0.1, 0.15) is 42.9 Å². The summed E-state index contributed by atoms with van der Waals surface area (Å²) >= 11 is 0. The number of nitrogens with zero attached hydrogens (tertiary/aromatic N) is 2. The molecule has 0 aliphatic carbocycles. The number of aryl methyl sites for hydroxylation is 2. The summed E-state index contributed by atoms with van der Waals surface area (Å²) in [7, 11) is 0. The van der Waals surface area contributed by atoms with Gasteiger partial charge in [-0.25, -0.2) is 0 Å². The molecule has 0 spiro atoms. The van der Waals surface area contributed by atoms with E-state index in [-0.39, 0.29) is 5.78 Å². The molecule has 0 saturated heterocycles. The molecule has 0 radical (unpaired) electrons. The summed E-state index contributed by atoms with van der Waals surface area (Å²) in [6, 6.07) is 1.84. The van der Waals surface area contributed by atoms with Gasteiger partial charge in [-0.1, -0.05) is 0 Å². The molecule has 1 rings (SSSR count). The Morgan fingerprint density at radius 2 is 2.33 bits per heavy atom. The third-order valence-electron chi connectivity index (χ3n) is 2.14. The number of carbonyl (C=O) groups excluding carboxylic acids is 1. The maximum absolute atomic E-state index is 11.8. The van der Waals surface area contributed by atoms with Crippen molar-refractivity contribution in [3.05, 3.63) is 17.5 Å². The largest absolute Gasteiger partial charge is 0.292 e. The van der Waals surface area contributed by atoms with E-state index in [1.807, 2.05) is 19.9 Å². The fourth-order valence-corrected chi connectivity index (χ4v) is 1.44. The van der Waals surface area contributed by atoms with Crippen LogP contribution >= 0.6 is 0 Å². The van der Waals surface area contributed by atoms with Crippen molar-refractivity contribution in [3.8, 4) is 11.8 Å². The van der Waals surface area contributed by atoms with E-state index in [9.17, 15) is 4.79 Å². The van der Waals surface area contributed by atoms with Gasteiger partial charge in [0.25, 0.3) is 0 Å². The van der Waals surface area contributed by atoms with Gasteiger partial charge in [-0.3, -0.25) is 9.48 Å². The molecule has 0 unspecified atom stereocenters. The quantitative estimate of drug-likeness (QED) is 0.556. The SMILES string of the molecule is CC#CCCC(=O)c1cc(C)nn1CC. The van der Waals surface area contributed by atoms with Crippen molar-refractivity contribution in [1.29, 1.82) is 0 Å². The van der Waals surface area contributed by atoms with E-state index >= 15 is 0 Å². The highest BCUT2D eigenvalue weighted by Crippen LogP contribution is 2.08.